The van der Waals surface area contributed by atoms with E-state index in [2.05, 4.69) is 5.32 Å². The zero-order valence-electron chi connectivity index (χ0n) is 13.6. The molecular weight excluding hydrogens is 366 g/mol. The van der Waals surface area contributed by atoms with Gasteiger partial charge in [-0.2, -0.15) is 0 Å². The molecule has 1 N–H and O–H groups in total. The van der Waals surface area contributed by atoms with E-state index >= 15 is 0 Å². The lowest BCUT2D eigenvalue weighted by atomic mass is 9.91. The monoisotopic (exact) mass is 378 g/mol. The highest BCUT2D eigenvalue weighted by molar-refractivity contribution is 6.30. The predicted molar refractivity (Wildman–Crippen MR) is 89.7 cm³/mol. The van der Waals surface area contributed by atoms with Crippen molar-refractivity contribution in [1.82, 2.24) is 10.2 Å². The summed E-state index contributed by atoms with van der Waals surface area (Å²) in [5.74, 6) is -2.92. The second-order valence-corrected chi connectivity index (χ2v) is 6.44. The van der Waals surface area contributed by atoms with Crippen LogP contribution in [0.2, 0.25) is 5.02 Å². The van der Waals surface area contributed by atoms with E-state index in [1.165, 1.54) is 31.2 Å². The molecule has 3 rings (SSSR count). The molecular formula is C18H13ClF2N2O3. The SMILES string of the molecule is C[C@@]1(c2cc(F)ccc2F)NC(=O)N(CC(=O)c2ccc(Cl)cc2)C1=O. The standard InChI is InChI=1S/C18H13ClF2N2O3/c1-18(13-8-12(20)6-7-14(13)21)16(25)23(17(26)22-18)9-15(24)10-2-4-11(19)5-3-10/h2-8H,9H2,1H3,(H,22,26)/t18-/m0/s1. The molecule has 0 spiro atoms. The van der Waals surface area contributed by atoms with Crippen molar-refractivity contribution in [1.29, 1.82) is 0 Å². The van der Waals surface area contributed by atoms with E-state index in [0.717, 1.165) is 18.2 Å². The van der Waals surface area contributed by atoms with Gasteiger partial charge in [0.15, 0.2) is 5.78 Å². The summed E-state index contributed by atoms with van der Waals surface area (Å²) < 4.78 is 27.6. The van der Waals surface area contributed by atoms with Gasteiger partial charge in [0, 0.05) is 16.1 Å². The maximum absolute atomic E-state index is 14.1. The van der Waals surface area contributed by atoms with Crippen LogP contribution in [0.5, 0.6) is 0 Å². The number of Topliss-reactive ketones (excluding diaryl/α,β-unsaturated/α-hetero) is 1. The first-order valence-corrected chi connectivity index (χ1v) is 7.98. The molecule has 0 unspecified atom stereocenters. The second-order valence-electron chi connectivity index (χ2n) is 6.00. The zero-order chi connectivity index (χ0) is 19.1. The highest BCUT2D eigenvalue weighted by Gasteiger charge is 2.50. The number of carbonyl (C=O) groups is 3. The van der Waals surface area contributed by atoms with Gasteiger partial charge in [-0.3, -0.25) is 14.5 Å². The Morgan fingerprint density at radius 1 is 1.15 bits per heavy atom. The molecule has 0 aliphatic carbocycles. The third kappa shape index (κ3) is 3.06. The number of nitrogens with zero attached hydrogens (tertiary/aromatic N) is 1. The average molecular weight is 379 g/mol. The van der Waals surface area contributed by atoms with Crippen LogP contribution < -0.4 is 5.32 Å². The normalized spacial score (nSPS) is 19.6. The Bertz CT molecular complexity index is 917. The van der Waals surface area contributed by atoms with Gasteiger partial charge in [0.25, 0.3) is 5.91 Å². The lowest BCUT2D eigenvalue weighted by Crippen LogP contribution is -2.42. The Morgan fingerprint density at radius 3 is 2.46 bits per heavy atom. The van der Waals surface area contributed by atoms with E-state index in [0.29, 0.717) is 9.92 Å². The van der Waals surface area contributed by atoms with E-state index in [1.54, 1.807) is 0 Å². The van der Waals surface area contributed by atoms with Crippen molar-refractivity contribution in [2.24, 2.45) is 0 Å². The minimum absolute atomic E-state index is 0.264. The van der Waals surface area contributed by atoms with Crippen molar-refractivity contribution in [3.05, 3.63) is 70.2 Å². The molecule has 26 heavy (non-hydrogen) atoms. The smallest absolute Gasteiger partial charge is 0.319 e. The van der Waals surface area contributed by atoms with Crippen molar-refractivity contribution in [3.8, 4) is 0 Å². The third-order valence-electron chi connectivity index (χ3n) is 4.21. The molecule has 134 valence electrons. The molecule has 2 aromatic rings. The molecule has 1 aliphatic rings. The summed E-state index contributed by atoms with van der Waals surface area (Å²) in [5.41, 5.74) is -1.85. The molecule has 1 heterocycles. The van der Waals surface area contributed by atoms with E-state index in [-0.39, 0.29) is 11.1 Å². The van der Waals surface area contributed by atoms with Gasteiger partial charge in [-0.25, -0.2) is 13.6 Å². The Hall–Kier alpha value is -2.80. The number of amides is 3. The first-order valence-electron chi connectivity index (χ1n) is 7.61. The summed E-state index contributed by atoms with van der Waals surface area (Å²) >= 11 is 5.76. The van der Waals surface area contributed by atoms with Gasteiger partial charge < -0.3 is 5.32 Å². The zero-order valence-corrected chi connectivity index (χ0v) is 14.3. The highest BCUT2D eigenvalue weighted by atomic mass is 35.5. The summed E-state index contributed by atoms with van der Waals surface area (Å²) in [6.45, 7) is 0.733. The molecule has 5 nitrogen and oxygen atoms in total. The number of imide groups is 1. The molecule has 0 saturated carbocycles. The molecule has 1 saturated heterocycles. The predicted octanol–water partition coefficient (Wildman–Crippen LogP) is 3.27. The Morgan fingerprint density at radius 2 is 1.81 bits per heavy atom. The summed E-state index contributed by atoms with van der Waals surface area (Å²) in [7, 11) is 0. The highest BCUT2D eigenvalue weighted by Crippen LogP contribution is 2.31. The quantitative estimate of drug-likeness (QED) is 0.656. The lowest BCUT2D eigenvalue weighted by molar-refractivity contribution is -0.130. The maximum atomic E-state index is 14.1. The average Bonchev–Trinajstić information content (AvgIpc) is 2.81. The van der Waals surface area contributed by atoms with E-state index in [4.69, 9.17) is 11.6 Å². The third-order valence-corrected chi connectivity index (χ3v) is 4.46. The van der Waals surface area contributed by atoms with Gasteiger partial charge in [-0.1, -0.05) is 11.6 Å². The van der Waals surface area contributed by atoms with Crippen molar-refractivity contribution in [3.63, 3.8) is 0 Å². The van der Waals surface area contributed by atoms with Crippen LogP contribution in [-0.4, -0.2) is 29.2 Å². The van der Waals surface area contributed by atoms with Gasteiger partial charge in [0.2, 0.25) is 0 Å². The van der Waals surface area contributed by atoms with Gasteiger partial charge in [-0.15, -0.1) is 0 Å². The Kier molecular flexibility index (Phi) is 4.50. The van der Waals surface area contributed by atoms with Crippen LogP contribution >= 0.6 is 11.6 Å². The molecule has 1 atom stereocenters. The summed E-state index contributed by atoms with van der Waals surface area (Å²) in [6.07, 6.45) is 0. The fourth-order valence-electron chi connectivity index (χ4n) is 2.77. The van der Waals surface area contributed by atoms with Crippen LogP contribution in [0.25, 0.3) is 0 Å². The molecule has 1 aliphatic heterocycles. The van der Waals surface area contributed by atoms with Crippen molar-refractivity contribution in [2.75, 3.05) is 6.54 Å². The molecule has 2 aromatic carbocycles. The molecule has 1 fully saturated rings. The number of ketones is 1. The van der Waals surface area contributed by atoms with E-state index in [9.17, 15) is 23.2 Å². The number of benzene rings is 2. The first-order chi connectivity index (χ1) is 12.2. The molecule has 8 heteroatoms. The van der Waals surface area contributed by atoms with Gasteiger partial charge in [0.05, 0.1) is 6.54 Å². The number of hydrogen-bond donors (Lipinski definition) is 1. The maximum Gasteiger partial charge on any atom is 0.325 e. The van der Waals surface area contributed by atoms with Crippen LogP contribution in [0, 0.1) is 11.6 Å². The molecule has 0 radical (unpaired) electrons. The summed E-state index contributed by atoms with van der Waals surface area (Å²) in [4.78, 5) is 37.9. The van der Waals surface area contributed by atoms with Crippen LogP contribution in [0.1, 0.15) is 22.8 Å². The lowest BCUT2D eigenvalue weighted by Gasteiger charge is -2.22. The van der Waals surface area contributed by atoms with Crippen LogP contribution in [0.3, 0.4) is 0 Å². The number of hydrogen-bond acceptors (Lipinski definition) is 3. The van der Waals surface area contributed by atoms with Crippen LogP contribution in [0.15, 0.2) is 42.5 Å². The second kappa shape index (κ2) is 6.49. The minimum Gasteiger partial charge on any atom is -0.319 e. The minimum atomic E-state index is -1.80. The van der Waals surface area contributed by atoms with Crippen molar-refractivity contribution in [2.45, 2.75) is 12.5 Å². The van der Waals surface area contributed by atoms with Crippen LogP contribution in [-0.2, 0) is 10.3 Å². The number of urea groups is 1. The Labute approximate surface area is 152 Å². The number of rotatable bonds is 4. The summed E-state index contributed by atoms with van der Waals surface area (Å²) in [5, 5.41) is 2.77. The van der Waals surface area contributed by atoms with Crippen molar-refractivity contribution < 1.29 is 23.2 Å². The Balaban J connectivity index is 1.88. The first kappa shape index (κ1) is 18.0. The topological polar surface area (TPSA) is 66.5 Å². The van der Waals surface area contributed by atoms with Crippen molar-refractivity contribution >= 4 is 29.3 Å². The summed E-state index contributed by atoms with van der Waals surface area (Å²) in [6, 6.07) is 7.71. The number of carbonyl (C=O) groups excluding carboxylic acids is 3. The molecule has 0 aromatic heterocycles. The van der Waals surface area contributed by atoms with Gasteiger partial charge in [0.1, 0.15) is 17.2 Å². The fraction of sp³-hybridized carbons (Fsp3) is 0.167. The van der Waals surface area contributed by atoms with E-state index in [1.807, 2.05) is 0 Å². The number of nitrogens with one attached hydrogen (secondary N) is 1. The fourth-order valence-corrected chi connectivity index (χ4v) is 2.90. The van der Waals surface area contributed by atoms with Gasteiger partial charge in [-0.05, 0) is 49.4 Å². The van der Waals surface area contributed by atoms with Crippen LogP contribution in [0.4, 0.5) is 13.6 Å². The number of halogens is 3. The largest absolute Gasteiger partial charge is 0.325 e. The van der Waals surface area contributed by atoms with Gasteiger partial charge >= 0.3 is 6.03 Å². The molecule has 0 bridgehead atoms. The van der Waals surface area contributed by atoms with E-state index < -0.39 is 41.4 Å². The molecule has 3 amide bonds.